The maximum Gasteiger partial charge on any atom is 0.126 e. The van der Waals surface area contributed by atoms with Crippen molar-refractivity contribution in [2.75, 3.05) is 7.11 Å². The number of para-hydroxylation sites is 2. The maximum absolute atomic E-state index is 5.80. The summed E-state index contributed by atoms with van der Waals surface area (Å²) in [7, 11) is 1.66. The molecule has 0 aliphatic carbocycles. The third-order valence-corrected chi connectivity index (χ3v) is 2.35. The summed E-state index contributed by atoms with van der Waals surface area (Å²) in [6.07, 6.45) is 0. The van der Waals surface area contributed by atoms with Crippen LogP contribution in [0.1, 0.15) is 5.82 Å². The Hall–Kier alpha value is -1.06. The van der Waals surface area contributed by atoms with Crippen molar-refractivity contribution in [2.45, 2.75) is 12.6 Å². The first-order valence-electron chi connectivity index (χ1n) is 4.36. The first-order valence-corrected chi connectivity index (χ1v) is 4.89. The standard InChI is InChI=1S/C10H11ClN2O/c1-14-7-13-9-5-3-2-4-8(9)12-10(13)6-11/h2-5H,6-7H2,1H3. The molecule has 0 bridgehead atoms. The molecule has 4 heteroatoms. The Kier molecular flexibility index (Phi) is 2.70. The number of benzene rings is 1. The number of rotatable bonds is 3. The van der Waals surface area contributed by atoms with E-state index in [0.717, 1.165) is 16.9 Å². The Morgan fingerprint density at radius 2 is 2.21 bits per heavy atom. The highest BCUT2D eigenvalue weighted by Crippen LogP contribution is 2.16. The lowest BCUT2D eigenvalue weighted by Gasteiger charge is -2.04. The van der Waals surface area contributed by atoms with Crippen molar-refractivity contribution >= 4 is 22.6 Å². The van der Waals surface area contributed by atoms with Crippen molar-refractivity contribution in [3.63, 3.8) is 0 Å². The van der Waals surface area contributed by atoms with Crippen molar-refractivity contribution in [3.05, 3.63) is 30.1 Å². The summed E-state index contributed by atoms with van der Waals surface area (Å²) in [5, 5.41) is 0. The Labute approximate surface area is 87.3 Å². The molecule has 0 amide bonds. The van der Waals surface area contributed by atoms with Gasteiger partial charge in [0.2, 0.25) is 0 Å². The van der Waals surface area contributed by atoms with Gasteiger partial charge in [0.25, 0.3) is 0 Å². The fraction of sp³-hybridized carbons (Fsp3) is 0.300. The second-order valence-electron chi connectivity index (χ2n) is 3.00. The van der Waals surface area contributed by atoms with Crippen LogP contribution in [0.15, 0.2) is 24.3 Å². The van der Waals surface area contributed by atoms with Gasteiger partial charge in [0.05, 0.1) is 16.9 Å². The number of hydrogen-bond acceptors (Lipinski definition) is 2. The number of alkyl halides is 1. The van der Waals surface area contributed by atoms with Crippen LogP contribution < -0.4 is 0 Å². The number of halogens is 1. The molecule has 14 heavy (non-hydrogen) atoms. The minimum absolute atomic E-state index is 0.401. The van der Waals surface area contributed by atoms with Gasteiger partial charge in [-0.3, -0.25) is 0 Å². The molecule has 2 rings (SSSR count). The van der Waals surface area contributed by atoms with Crippen molar-refractivity contribution < 1.29 is 4.74 Å². The molecule has 0 atom stereocenters. The van der Waals surface area contributed by atoms with Crippen LogP contribution in [-0.4, -0.2) is 16.7 Å². The van der Waals surface area contributed by atoms with Gasteiger partial charge in [-0.25, -0.2) is 4.98 Å². The van der Waals surface area contributed by atoms with E-state index in [9.17, 15) is 0 Å². The molecular weight excluding hydrogens is 200 g/mol. The maximum atomic E-state index is 5.80. The van der Waals surface area contributed by atoms with Gasteiger partial charge in [-0.1, -0.05) is 12.1 Å². The number of hydrogen-bond donors (Lipinski definition) is 0. The lowest BCUT2D eigenvalue weighted by atomic mass is 10.3. The summed E-state index contributed by atoms with van der Waals surface area (Å²) in [5.41, 5.74) is 2.02. The molecule has 0 N–H and O–H groups in total. The van der Waals surface area contributed by atoms with E-state index in [2.05, 4.69) is 4.98 Å². The zero-order chi connectivity index (χ0) is 9.97. The molecule has 0 saturated carbocycles. The molecule has 0 saturated heterocycles. The zero-order valence-corrected chi connectivity index (χ0v) is 8.66. The minimum atomic E-state index is 0.401. The first kappa shape index (κ1) is 9.49. The zero-order valence-electron chi connectivity index (χ0n) is 7.90. The Balaban J connectivity index is 2.61. The normalized spacial score (nSPS) is 11.0. The lowest BCUT2D eigenvalue weighted by molar-refractivity contribution is 0.132. The van der Waals surface area contributed by atoms with Gasteiger partial charge < -0.3 is 9.30 Å². The van der Waals surface area contributed by atoms with Gasteiger partial charge in [-0.05, 0) is 12.1 Å². The number of nitrogens with zero attached hydrogens (tertiary/aromatic N) is 2. The number of methoxy groups -OCH3 is 1. The molecule has 3 nitrogen and oxygen atoms in total. The highest BCUT2D eigenvalue weighted by atomic mass is 35.5. The third-order valence-electron chi connectivity index (χ3n) is 2.11. The molecule has 1 aromatic heterocycles. The molecular formula is C10H11ClN2O. The molecule has 1 heterocycles. The van der Waals surface area contributed by atoms with E-state index in [1.165, 1.54) is 0 Å². The van der Waals surface area contributed by atoms with E-state index in [1.54, 1.807) is 7.11 Å². The smallest absolute Gasteiger partial charge is 0.126 e. The van der Waals surface area contributed by atoms with Crippen molar-refractivity contribution in [3.8, 4) is 0 Å². The van der Waals surface area contributed by atoms with Gasteiger partial charge in [-0.15, -0.1) is 11.6 Å². The monoisotopic (exact) mass is 210 g/mol. The molecule has 0 fully saturated rings. The molecule has 1 aromatic carbocycles. The summed E-state index contributed by atoms with van der Waals surface area (Å²) in [6.45, 7) is 0.489. The van der Waals surface area contributed by atoms with Crippen LogP contribution >= 0.6 is 11.6 Å². The van der Waals surface area contributed by atoms with Crippen LogP contribution in [0, 0.1) is 0 Å². The van der Waals surface area contributed by atoms with Crippen LogP contribution in [0.5, 0.6) is 0 Å². The summed E-state index contributed by atoms with van der Waals surface area (Å²) >= 11 is 5.80. The van der Waals surface area contributed by atoms with Crippen molar-refractivity contribution in [1.29, 1.82) is 0 Å². The number of fused-ring (bicyclic) bond motifs is 1. The average Bonchev–Trinajstić information content (AvgIpc) is 2.58. The summed E-state index contributed by atoms with van der Waals surface area (Å²) < 4.78 is 7.08. The highest BCUT2D eigenvalue weighted by Gasteiger charge is 2.07. The SMILES string of the molecule is COCn1c(CCl)nc2ccccc21. The quantitative estimate of drug-likeness (QED) is 0.728. The Morgan fingerprint density at radius 1 is 1.43 bits per heavy atom. The Bertz CT molecular complexity index is 439. The van der Waals surface area contributed by atoms with Crippen LogP contribution in [0.2, 0.25) is 0 Å². The van der Waals surface area contributed by atoms with Crippen LogP contribution in [0.3, 0.4) is 0 Å². The first-order chi connectivity index (χ1) is 6.86. The van der Waals surface area contributed by atoms with Gasteiger partial charge in [0.1, 0.15) is 12.6 Å². The fourth-order valence-electron chi connectivity index (χ4n) is 1.50. The topological polar surface area (TPSA) is 27.1 Å². The number of ether oxygens (including phenoxy) is 1. The van der Waals surface area contributed by atoms with E-state index >= 15 is 0 Å². The van der Waals surface area contributed by atoms with Gasteiger partial charge >= 0.3 is 0 Å². The van der Waals surface area contributed by atoms with Gasteiger partial charge in [-0.2, -0.15) is 0 Å². The molecule has 0 aliphatic heterocycles. The molecule has 0 aliphatic rings. The lowest BCUT2D eigenvalue weighted by Crippen LogP contribution is -2.03. The minimum Gasteiger partial charge on any atom is -0.364 e. The predicted molar refractivity (Wildman–Crippen MR) is 56.3 cm³/mol. The molecule has 74 valence electrons. The molecule has 0 radical (unpaired) electrons. The van der Waals surface area contributed by atoms with Crippen molar-refractivity contribution in [2.24, 2.45) is 0 Å². The van der Waals surface area contributed by atoms with Gasteiger partial charge in [0, 0.05) is 7.11 Å². The van der Waals surface area contributed by atoms with E-state index in [-0.39, 0.29) is 0 Å². The second kappa shape index (κ2) is 3.98. The van der Waals surface area contributed by atoms with Crippen molar-refractivity contribution in [1.82, 2.24) is 9.55 Å². The predicted octanol–water partition coefficient (Wildman–Crippen LogP) is 2.38. The van der Waals surface area contributed by atoms with Crippen LogP contribution in [-0.2, 0) is 17.3 Å². The largest absolute Gasteiger partial charge is 0.364 e. The average molecular weight is 211 g/mol. The fourth-order valence-corrected chi connectivity index (χ4v) is 1.70. The third kappa shape index (κ3) is 1.49. The van der Waals surface area contributed by atoms with E-state index < -0.39 is 0 Å². The van der Waals surface area contributed by atoms with E-state index in [4.69, 9.17) is 16.3 Å². The van der Waals surface area contributed by atoms with Crippen LogP contribution in [0.4, 0.5) is 0 Å². The summed E-state index contributed by atoms with van der Waals surface area (Å²) in [6, 6.07) is 7.92. The van der Waals surface area contributed by atoms with E-state index in [0.29, 0.717) is 12.6 Å². The molecule has 2 aromatic rings. The van der Waals surface area contributed by atoms with E-state index in [1.807, 2.05) is 28.8 Å². The number of imidazole rings is 1. The Morgan fingerprint density at radius 3 is 2.93 bits per heavy atom. The van der Waals surface area contributed by atoms with Crippen LogP contribution in [0.25, 0.3) is 11.0 Å². The van der Waals surface area contributed by atoms with Gasteiger partial charge in [0.15, 0.2) is 0 Å². The summed E-state index contributed by atoms with van der Waals surface area (Å²) in [4.78, 5) is 4.40. The second-order valence-corrected chi connectivity index (χ2v) is 3.26. The molecule has 0 spiro atoms. The summed E-state index contributed by atoms with van der Waals surface area (Å²) in [5.74, 6) is 1.24. The molecule has 0 unspecified atom stereocenters. The highest BCUT2D eigenvalue weighted by molar-refractivity contribution is 6.16. The number of aromatic nitrogens is 2.